The van der Waals surface area contributed by atoms with E-state index in [0.717, 1.165) is 67.4 Å². The van der Waals surface area contributed by atoms with Gasteiger partial charge in [-0.1, -0.05) is 84.9 Å². The lowest BCUT2D eigenvalue weighted by Crippen LogP contribution is -2.46. The van der Waals surface area contributed by atoms with Gasteiger partial charge in [-0.2, -0.15) is 0 Å². The Morgan fingerprint density at radius 2 is 1.21 bits per heavy atom. The van der Waals surface area contributed by atoms with Crippen molar-refractivity contribution in [2.75, 3.05) is 26.2 Å². The first-order valence-electron chi connectivity index (χ1n) is 19.4. The van der Waals surface area contributed by atoms with Crippen LogP contribution in [0.15, 0.2) is 114 Å². The Labute approximate surface area is 330 Å². The van der Waals surface area contributed by atoms with Gasteiger partial charge in [-0.15, -0.1) is 0 Å². The number of likely N-dealkylation sites (tertiary alicyclic amines) is 2. The third-order valence-corrected chi connectivity index (χ3v) is 11.5. The Kier molecular flexibility index (Phi) is 12.3. The first-order chi connectivity index (χ1) is 27.2. The minimum Gasteiger partial charge on any atom is -0.465 e. The molecule has 4 heterocycles. The number of nitrogens with one attached hydrogen (secondary N) is 2. The van der Waals surface area contributed by atoms with E-state index >= 15 is 0 Å². The number of hydrogen-bond acceptors (Lipinski definition) is 5. The zero-order chi connectivity index (χ0) is 39.0. The highest BCUT2D eigenvalue weighted by Gasteiger charge is 2.33. The molecule has 4 N–H and O–H groups in total. The van der Waals surface area contributed by atoms with Gasteiger partial charge in [0.15, 0.2) is 4.77 Å². The lowest BCUT2D eigenvalue weighted by molar-refractivity contribution is 0.0856. The van der Waals surface area contributed by atoms with E-state index in [2.05, 4.69) is 74.0 Å². The van der Waals surface area contributed by atoms with Crippen LogP contribution < -0.4 is 5.69 Å². The maximum atomic E-state index is 12.1. The van der Waals surface area contributed by atoms with Crippen LogP contribution in [0.25, 0.3) is 22.1 Å². The Hall–Kier alpha value is -5.66. The molecular weight excluding hydrogens is 727 g/mol. The third-order valence-electron chi connectivity index (χ3n) is 11.2. The van der Waals surface area contributed by atoms with E-state index in [1.165, 1.54) is 16.0 Å². The number of imidazole rings is 2. The smallest absolute Gasteiger partial charge is 0.407 e. The van der Waals surface area contributed by atoms with Crippen molar-refractivity contribution >= 4 is 46.5 Å². The average Bonchev–Trinajstić information content (AvgIpc) is 3.73. The van der Waals surface area contributed by atoms with Crippen molar-refractivity contribution in [2.45, 2.75) is 69.7 Å². The molecule has 2 saturated heterocycles. The first-order valence-corrected chi connectivity index (χ1v) is 19.8. The second-order valence-electron chi connectivity index (χ2n) is 14.8. The summed E-state index contributed by atoms with van der Waals surface area (Å²) in [6, 6.07) is 37.1. The van der Waals surface area contributed by atoms with Gasteiger partial charge < -0.3 is 34.5 Å². The number of aromatic amines is 2. The van der Waals surface area contributed by atoms with Crippen LogP contribution in [0.4, 0.5) is 9.59 Å². The number of piperidine rings is 2. The molecule has 12 nitrogen and oxygen atoms in total. The molecule has 56 heavy (non-hydrogen) atoms. The molecule has 0 radical (unpaired) electrons. The Balaban J connectivity index is 0.000000211. The van der Waals surface area contributed by atoms with Gasteiger partial charge in [-0.3, -0.25) is 9.47 Å². The molecule has 1 unspecified atom stereocenters. The number of carbonyl (C=O) groups is 2. The number of H-pyrrole nitrogens is 2. The molecule has 2 aliphatic rings. The predicted octanol–water partition coefficient (Wildman–Crippen LogP) is 8.51. The SMILES string of the molecule is O=C(O)N1CCC(n2c(=O)[nH]c3ccccc32)CC1.O=C(O)N1CC[C@H](n2c(=S)[nH]c3ccccc32)CC1CCCN(Cc1ccccc1)Cc1ccccc1. The van der Waals surface area contributed by atoms with Crippen LogP contribution in [0.1, 0.15) is 61.7 Å². The highest BCUT2D eigenvalue weighted by atomic mass is 32.1. The minimum absolute atomic E-state index is 0.0258. The van der Waals surface area contributed by atoms with Crippen molar-refractivity contribution in [2.24, 2.45) is 0 Å². The summed E-state index contributed by atoms with van der Waals surface area (Å²) in [6.45, 7) is 4.14. The van der Waals surface area contributed by atoms with Gasteiger partial charge in [0.2, 0.25) is 0 Å². The molecule has 6 aromatic rings. The Morgan fingerprint density at radius 3 is 1.80 bits per heavy atom. The van der Waals surface area contributed by atoms with Gasteiger partial charge >= 0.3 is 17.9 Å². The summed E-state index contributed by atoms with van der Waals surface area (Å²) >= 11 is 5.67. The van der Waals surface area contributed by atoms with Crippen molar-refractivity contribution in [1.82, 2.24) is 33.8 Å². The average molecular weight is 776 g/mol. The Morgan fingerprint density at radius 1 is 0.679 bits per heavy atom. The van der Waals surface area contributed by atoms with Crippen molar-refractivity contribution < 1.29 is 19.8 Å². The highest BCUT2D eigenvalue weighted by Crippen LogP contribution is 2.33. The number of aromatic nitrogens is 4. The number of nitrogens with zero attached hydrogens (tertiary/aromatic N) is 5. The van der Waals surface area contributed by atoms with Crippen molar-refractivity contribution in [1.29, 1.82) is 0 Å². The van der Waals surface area contributed by atoms with Crippen LogP contribution in [0.2, 0.25) is 0 Å². The summed E-state index contributed by atoms with van der Waals surface area (Å²) < 4.78 is 4.67. The van der Waals surface area contributed by atoms with Crippen LogP contribution in [0, 0.1) is 4.77 Å². The molecule has 0 bridgehead atoms. The number of rotatable bonds is 10. The summed E-state index contributed by atoms with van der Waals surface area (Å²) in [4.78, 5) is 46.7. The summed E-state index contributed by atoms with van der Waals surface area (Å²) in [6.07, 6.45) is 2.95. The van der Waals surface area contributed by atoms with Crippen molar-refractivity contribution in [3.05, 3.63) is 136 Å². The van der Waals surface area contributed by atoms with Crippen LogP contribution in [-0.2, 0) is 13.1 Å². The molecule has 8 rings (SSSR count). The lowest BCUT2D eigenvalue weighted by atomic mass is 9.93. The van der Waals surface area contributed by atoms with Crippen LogP contribution in [-0.4, -0.2) is 88.4 Å². The van der Waals surface area contributed by atoms with Gasteiger partial charge in [-0.05, 0) is 92.7 Å². The molecule has 2 atom stereocenters. The molecule has 0 spiro atoms. The summed E-state index contributed by atoms with van der Waals surface area (Å²) in [5.41, 5.74) is 6.30. The predicted molar refractivity (Wildman–Crippen MR) is 221 cm³/mol. The summed E-state index contributed by atoms with van der Waals surface area (Å²) in [7, 11) is 0. The monoisotopic (exact) mass is 775 g/mol. The van der Waals surface area contributed by atoms with Crippen LogP contribution in [0.5, 0.6) is 0 Å². The van der Waals surface area contributed by atoms with E-state index in [-0.39, 0.29) is 23.8 Å². The first kappa shape index (κ1) is 38.6. The number of carboxylic acid groups (broad SMARTS) is 2. The van der Waals surface area contributed by atoms with E-state index in [1.807, 2.05) is 54.6 Å². The normalized spacial score (nSPS) is 17.6. The van der Waals surface area contributed by atoms with Gasteiger partial charge in [0.1, 0.15) is 0 Å². The highest BCUT2D eigenvalue weighted by molar-refractivity contribution is 7.71. The lowest BCUT2D eigenvalue weighted by Gasteiger charge is -2.39. The Bertz CT molecular complexity index is 2310. The molecule has 2 aliphatic heterocycles. The van der Waals surface area contributed by atoms with Gasteiger partial charge in [0.05, 0.1) is 22.1 Å². The molecule has 0 aliphatic carbocycles. The van der Waals surface area contributed by atoms with Crippen molar-refractivity contribution in [3.8, 4) is 0 Å². The largest absolute Gasteiger partial charge is 0.465 e. The zero-order valence-electron chi connectivity index (χ0n) is 31.4. The molecule has 13 heteroatoms. The number of hydrogen-bond donors (Lipinski definition) is 4. The topological polar surface area (TPSA) is 143 Å². The van der Waals surface area contributed by atoms with Crippen LogP contribution in [0.3, 0.4) is 0 Å². The molecule has 2 fully saturated rings. The maximum absolute atomic E-state index is 12.1. The molecular formula is C43H49N7O5S. The second kappa shape index (κ2) is 17.9. The number of amides is 2. The molecule has 2 aromatic heterocycles. The van der Waals surface area contributed by atoms with E-state index in [0.29, 0.717) is 37.2 Å². The second-order valence-corrected chi connectivity index (χ2v) is 15.2. The minimum atomic E-state index is -0.885. The summed E-state index contributed by atoms with van der Waals surface area (Å²) in [5.74, 6) is 0. The quantitative estimate of drug-likeness (QED) is 0.102. The van der Waals surface area contributed by atoms with Gasteiger partial charge in [0.25, 0.3) is 0 Å². The maximum Gasteiger partial charge on any atom is 0.407 e. The van der Waals surface area contributed by atoms with Gasteiger partial charge in [0, 0.05) is 50.8 Å². The fourth-order valence-electron chi connectivity index (χ4n) is 8.43. The molecule has 0 saturated carbocycles. The fourth-order valence-corrected chi connectivity index (χ4v) is 8.78. The van der Waals surface area contributed by atoms with E-state index < -0.39 is 12.2 Å². The van der Waals surface area contributed by atoms with E-state index in [4.69, 9.17) is 17.3 Å². The molecule has 292 valence electrons. The summed E-state index contributed by atoms with van der Waals surface area (Å²) in [5, 5.41) is 18.9. The number of fused-ring (bicyclic) bond motifs is 2. The van der Waals surface area contributed by atoms with E-state index in [9.17, 15) is 19.5 Å². The van der Waals surface area contributed by atoms with Crippen molar-refractivity contribution in [3.63, 3.8) is 0 Å². The molecule has 4 aromatic carbocycles. The zero-order valence-corrected chi connectivity index (χ0v) is 32.2. The number of benzene rings is 4. The third kappa shape index (κ3) is 9.06. The van der Waals surface area contributed by atoms with Gasteiger partial charge in [-0.25, -0.2) is 14.4 Å². The molecule has 2 amide bonds. The standard InChI is InChI=1S/C30H34N4O2S.C13H15N3O3/c35-30(36)33-19-17-26(34-28-16-8-7-15-27(28)31-29(34)37)20-25(33)14-9-18-32(21-23-10-3-1-4-11-23)22-24-12-5-2-6-13-24;17-12-14-10-3-1-2-4-11(10)16(12)9-5-7-15(8-6-9)13(18)19/h1-8,10-13,15-16,25-26H,9,14,17-22H2,(H,31,37)(H,35,36);1-4,9H,5-8H2,(H,14,17)(H,18,19)/t25?,26-;/m0./s1. The van der Waals surface area contributed by atoms with Crippen LogP contribution >= 0.6 is 12.2 Å². The fraction of sp³-hybridized carbons (Fsp3) is 0.349. The number of para-hydroxylation sites is 4. The van der Waals surface area contributed by atoms with E-state index in [1.54, 1.807) is 9.47 Å².